The van der Waals surface area contributed by atoms with Gasteiger partial charge in [0, 0.05) is 29.4 Å². The molecule has 118 valence electrons. The van der Waals surface area contributed by atoms with Crippen LogP contribution < -0.4 is 20.5 Å². The monoisotopic (exact) mass is 336 g/mol. The quantitative estimate of drug-likeness (QED) is 0.536. The summed E-state index contributed by atoms with van der Waals surface area (Å²) < 4.78 is 2.29. The molecule has 0 aromatic heterocycles. The van der Waals surface area contributed by atoms with Crippen molar-refractivity contribution in [2.45, 2.75) is 36.1 Å². The number of fused-ring (bicyclic) bond motifs is 3. The molecule has 1 aromatic rings. The largest absolute Gasteiger partial charge is 0.504 e. The van der Waals surface area contributed by atoms with Crippen LogP contribution in [-0.2, 0) is 10.2 Å². The second-order valence-electron chi connectivity index (χ2n) is 7.57. The van der Waals surface area contributed by atoms with Gasteiger partial charge in [-0.15, -0.1) is 11.8 Å². The molecule has 0 radical (unpaired) electrons. The highest BCUT2D eigenvalue weighted by Gasteiger charge is 2.61. The molecule has 5 nitrogen and oxygen atoms in total. The number of hydrogen-bond acceptors (Lipinski definition) is 5. The number of aliphatic imine (C=N–C) groups is 1. The van der Waals surface area contributed by atoms with Crippen LogP contribution >= 0.6 is 11.8 Å². The van der Waals surface area contributed by atoms with Gasteiger partial charge in [-0.25, -0.2) is 4.58 Å². The van der Waals surface area contributed by atoms with Crippen LogP contribution in [0.2, 0.25) is 0 Å². The summed E-state index contributed by atoms with van der Waals surface area (Å²) in [7, 11) is 0. The standard InChI is InChI=1S/C18H13N3O2S/c22-9-3-10-18-4-8(9)21-2-1-7-6-19-14-12(7)16(21)13(18)15(17(14)23)20-11(5-18)24-10/h3,6,8,11H,1-2,4-5H2,(H,19,20,23)/p+1/t8-,11+,18?/m0/s1. The first-order valence-corrected chi connectivity index (χ1v) is 9.35. The molecule has 0 amide bonds. The smallest absolute Gasteiger partial charge is 0.223 e. The van der Waals surface area contributed by atoms with Gasteiger partial charge in [0.1, 0.15) is 12.2 Å². The minimum atomic E-state index is -0.0854. The number of benzene rings is 1. The Morgan fingerprint density at radius 1 is 1.42 bits per heavy atom. The number of carbonyl (C=O) groups excluding carboxylic acids is 1. The maximum Gasteiger partial charge on any atom is 0.223 e. The van der Waals surface area contributed by atoms with Crippen LogP contribution in [-0.4, -0.2) is 35.1 Å². The molecule has 1 fully saturated rings. The zero-order valence-electron chi connectivity index (χ0n) is 12.8. The fourth-order valence-electron chi connectivity index (χ4n) is 5.66. The first-order chi connectivity index (χ1) is 11.7. The van der Waals surface area contributed by atoms with Crippen LogP contribution in [0.3, 0.4) is 0 Å². The summed E-state index contributed by atoms with van der Waals surface area (Å²) in [5, 5.41) is 16.9. The molecule has 1 aliphatic carbocycles. The number of thioether (sulfide) groups is 1. The number of hydrogen-bond donors (Lipinski definition) is 2. The molecule has 1 unspecified atom stereocenters. The zero-order chi connectivity index (χ0) is 15.8. The van der Waals surface area contributed by atoms with Crippen molar-refractivity contribution in [3.05, 3.63) is 27.1 Å². The molecule has 5 heterocycles. The molecule has 3 bridgehead atoms. The number of carbonyl (C=O) groups is 1. The van der Waals surface area contributed by atoms with Crippen LogP contribution in [0.1, 0.15) is 24.8 Å². The molecular weight excluding hydrogens is 322 g/mol. The first-order valence-electron chi connectivity index (χ1n) is 8.47. The number of rotatable bonds is 0. The second kappa shape index (κ2) is 3.47. The summed E-state index contributed by atoms with van der Waals surface area (Å²) in [4.78, 5) is 18.5. The Morgan fingerprint density at radius 3 is 3.25 bits per heavy atom. The second-order valence-corrected chi connectivity index (χ2v) is 8.81. The molecule has 1 saturated heterocycles. The zero-order valence-corrected chi connectivity index (χ0v) is 13.6. The van der Waals surface area contributed by atoms with Crippen molar-refractivity contribution in [3.8, 4) is 5.75 Å². The summed E-state index contributed by atoms with van der Waals surface area (Å²) in [6.07, 6.45) is 6.54. The van der Waals surface area contributed by atoms with Gasteiger partial charge in [0.2, 0.25) is 17.2 Å². The summed E-state index contributed by atoms with van der Waals surface area (Å²) in [6.45, 7) is 0.858. The van der Waals surface area contributed by atoms with Crippen LogP contribution in [0.15, 0.2) is 16.0 Å². The minimum Gasteiger partial charge on any atom is -0.504 e. The van der Waals surface area contributed by atoms with Gasteiger partial charge in [0.05, 0.1) is 21.8 Å². The van der Waals surface area contributed by atoms with E-state index >= 15 is 0 Å². The van der Waals surface area contributed by atoms with Crippen molar-refractivity contribution in [1.82, 2.24) is 4.58 Å². The molecule has 1 spiro atoms. The lowest BCUT2D eigenvalue weighted by Gasteiger charge is -2.42. The Kier molecular flexibility index (Phi) is 1.78. The van der Waals surface area contributed by atoms with E-state index in [-0.39, 0.29) is 28.4 Å². The summed E-state index contributed by atoms with van der Waals surface area (Å²) in [6, 6.07) is -0.0534. The Bertz CT molecular complexity index is 1120. The number of phenolic OH excluding ortho intramolecular Hbond substituents is 1. The number of nitrogens with one attached hydrogen (secondary N) is 1. The van der Waals surface area contributed by atoms with Crippen LogP contribution in [0.4, 0.5) is 11.4 Å². The number of phenols is 1. The topological polar surface area (TPSA) is 64.7 Å². The number of anilines is 1. The highest BCUT2D eigenvalue weighted by Crippen LogP contribution is 2.62. The fourth-order valence-corrected chi connectivity index (χ4v) is 7.19. The molecule has 2 N–H and O–H groups in total. The van der Waals surface area contributed by atoms with E-state index in [1.54, 1.807) is 11.8 Å². The Hall–Kier alpha value is -2.08. The lowest BCUT2D eigenvalue weighted by atomic mass is 9.64. The van der Waals surface area contributed by atoms with Crippen molar-refractivity contribution in [2.24, 2.45) is 4.99 Å². The predicted molar refractivity (Wildman–Crippen MR) is 92.4 cm³/mol. The number of ketones is 1. The van der Waals surface area contributed by atoms with Crippen LogP contribution in [0, 0.1) is 0 Å². The summed E-state index contributed by atoms with van der Waals surface area (Å²) in [5.41, 5.74) is 3.89. The maximum atomic E-state index is 12.8. The van der Waals surface area contributed by atoms with E-state index in [0.717, 1.165) is 36.7 Å². The van der Waals surface area contributed by atoms with E-state index < -0.39 is 0 Å². The van der Waals surface area contributed by atoms with E-state index in [4.69, 9.17) is 0 Å². The molecular formula is C18H14N3O2S+. The van der Waals surface area contributed by atoms with E-state index in [1.807, 2.05) is 12.3 Å². The van der Waals surface area contributed by atoms with Gasteiger partial charge >= 0.3 is 0 Å². The number of allylic oxidation sites excluding steroid dienone is 1. The maximum absolute atomic E-state index is 12.8. The highest BCUT2D eigenvalue weighted by atomic mass is 32.2. The van der Waals surface area contributed by atoms with Crippen molar-refractivity contribution >= 4 is 40.7 Å². The molecule has 6 aliphatic rings. The van der Waals surface area contributed by atoms with E-state index in [2.05, 4.69) is 14.9 Å². The van der Waals surface area contributed by atoms with Crippen molar-refractivity contribution in [1.29, 1.82) is 0 Å². The van der Waals surface area contributed by atoms with Crippen molar-refractivity contribution in [3.63, 3.8) is 0 Å². The Morgan fingerprint density at radius 2 is 2.33 bits per heavy atom. The third-order valence-electron chi connectivity index (χ3n) is 6.58. The minimum absolute atomic E-state index is 0.0534. The van der Waals surface area contributed by atoms with Gasteiger partial charge < -0.3 is 10.4 Å². The summed E-state index contributed by atoms with van der Waals surface area (Å²) >= 11 is 1.77. The first kappa shape index (κ1) is 12.3. The molecule has 0 saturated carbocycles. The van der Waals surface area contributed by atoms with Gasteiger partial charge in [-0.05, 0) is 18.1 Å². The Labute approximate surface area is 141 Å². The van der Waals surface area contributed by atoms with E-state index in [9.17, 15) is 9.90 Å². The summed E-state index contributed by atoms with van der Waals surface area (Å²) in [5.74, 6) is 0.533. The molecule has 6 heteroatoms. The van der Waals surface area contributed by atoms with Gasteiger partial charge in [-0.3, -0.25) is 9.79 Å². The fraction of sp³-hybridized carbons (Fsp3) is 0.389. The van der Waals surface area contributed by atoms with Crippen LogP contribution in [0.25, 0.3) is 5.57 Å². The average molecular weight is 336 g/mol. The van der Waals surface area contributed by atoms with Gasteiger partial charge in [0.25, 0.3) is 0 Å². The SMILES string of the molecule is O=C1C=C2S[C@@H]3CC24C[C@@H]1[N+]1=c2c4c(c(O)c4c2=C(C=N4)CC1)N3. The normalized spacial score (nSPS) is 35.3. The molecule has 7 rings (SSSR count). The highest BCUT2D eigenvalue weighted by molar-refractivity contribution is 8.04. The van der Waals surface area contributed by atoms with Gasteiger partial charge in [-0.1, -0.05) is 0 Å². The molecule has 5 aliphatic heterocycles. The third kappa shape index (κ3) is 1.06. The lowest BCUT2D eigenvalue weighted by molar-refractivity contribution is -0.118. The molecule has 3 atom stereocenters. The molecule has 1 aromatic carbocycles. The van der Waals surface area contributed by atoms with Crippen molar-refractivity contribution in [2.75, 3.05) is 11.9 Å². The average Bonchev–Trinajstić information content (AvgIpc) is 3.11. The predicted octanol–water partition coefficient (Wildman–Crippen LogP) is 0.519. The van der Waals surface area contributed by atoms with Gasteiger partial charge in [-0.2, -0.15) is 0 Å². The van der Waals surface area contributed by atoms with Gasteiger partial charge in [0.15, 0.2) is 5.75 Å². The third-order valence-corrected chi connectivity index (χ3v) is 7.91. The van der Waals surface area contributed by atoms with E-state index in [1.165, 1.54) is 21.4 Å². The van der Waals surface area contributed by atoms with Crippen molar-refractivity contribution < 1.29 is 9.90 Å². The Balaban J connectivity index is 1.81. The van der Waals surface area contributed by atoms with E-state index in [0.29, 0.717) is 5.69 Å². The lowest BCUT2D eigenvalue weighted by Crippen LogP contribution is -2.63. The number of nitrogens with zero attached hydrogens (tertiary/aromatic N) is 2. The van der Waals surface area contributed by atoms with Crippen LogP contribution in [0.5, 0.6) is 5.75 Å². The molecule has 24 heavy (non-hydrogen) atoms. The number of aromatic hydroxyl groups is 1.